The Labute approximate surface area is 206 Å². The minimum atomic E-state index is -4.03. The lowest BCUT2D eigenvalue weighted by molar-refractivity contribution is -0.126. The summed E-state index contributed by atoms with van der Waals surface area (Å²) in [4.78, 5) is 13.5. The molecule has 4 rings (SSSR count). The Bertz CT molecular complexity index is 1400. The summed E-state index contributed by atoms with van der Waals surface area (Å²) in [7, 11) is -7.93. The second kappa shape index (κ2) is 10.3. The van der Waals surface area contributed by atoms with Gasteiger partial charge < -0.3 is 5.32 Å². The first kappa shape index (κ1) is 25.1. The predicted molar refractivity (Wildman–Crippen MR) is 132 cm³/mol. The van der Waals surface area contributed by atoms with Gasteiger partial charge in [0.25, 0.3) is 0 Å². The molecule has 0 radical (unpaired) electrons. The van der Waals surface area contributed by atoms with Crippen molar-refractivity contribution < 1.29 is 21.6 Å². The van der Waals surface area contributed by atoms with E-state index in [1.807, 2.05) is 31.2 Å². The van der Waals surface area contributed by atoms with E-state index in [0.717, 1.165) is 15.4 Å². The molecule has 3 aromatic carbocycles. The number of nitrogens with zero attached hydrogens (tertiary/aromatic N) is 2. The normalized spacial score (nSPS) is 17.7. The van der Waals surface area contributed by atoms with Crippen LogP contribution in [0.1, 0.15) is 11.1 Å². The molecule has 1 heterocycles. The average molecular weight is 514 g/mol. The highest BCUT2D eigenvalue weighted by Gasteiger charge is 2.43. The molecule has 0 aliphatic carbocycles. The molecule has 8 nitrogen and oxygen atoms in total. The van der Waals surface area contributed by atoms with Crippen LogP contribution in [-0.4, -0.2) is 57.0 Å². The zero-order valence-electron chi connectivity index (χ0n) is 19.2. The van der Waals surface area contributed by atoms with Crippen molar-refractivity contribution in [1.82, 2.24) is 13.9 Å². The quantitative estimate of drug-likeness (QED) is 0.523. The summed E-state index contributed by atoms with van der Waals surface area (Å²) < 4.78 is 55.6. The molecule has 1 aliphatic heterocycles. The minimum Gasteiger partial charge on any atom is -0.351 e. The van der Waals surface area contributed by atoms with Gasteiger partial charge in [0, 0.05) is 26.2 Å². The summed E-state index contributed by atoms with van der Waals surface area (Å²) in [5.41, 5.74) is 1.88. The van der Waals surface area contributed by atoms with Gasteiger partial charge in [-0.05, 0) is 42.3 Å². The Morgan fingerprint density at radius 1 is 0.800 bits per heavy atom. The van der Waals surface area contributed by atoms with E-state index in [1.54, 1.807) is 36.4 Å². The first-order chi connectivity index (χ1) is 16.7. The number of hydrogen-bond donors (Lipinski definition) is 1. The zero-order valence-corrected chi connectivity index (χ0v) is 20.9. The second-order valence-electron chi connectivity index (χ2n) is 8.27. The summed E-state index contributed by atoms with van der Waals surface area (Å²) in [6.45, 7) is 1.62. The Morgan fingerprint density at radius 3 is 1.94 bits per heavy atom. The van der Waals surface area contributed by atoms with Crippen LogP contribution in [0.5, 0.6) is 0 Å². The third-order valence-electron chi connectivity index (χ3n) is 6.04. The van der Waals surface area contributed by atoms with Gasteiger partial charge in [0.1, 0.15) is 6.04 Å². The lowest BCUT2D eigenvalue weighted by Crippen LogP contribution is -2.61. The van der Waals surface area contributed by atoms with Crippen molar-refractivity contribution in [1.29, 1.82) is 0 Å². The van der Waals surface area contributed by atoms with Crippen molar-refractivity contribution in [2.24, 2.45) is 0 Å². The maximum Gasteiger partial charge on any atom is 0.243 e. The maximum absolute atomic E-state index is 13.4. The van der Waals surface area contributed by atoms with E-state index in [0.29, 0.717) is 0 Å². The molecule has 1 N–H and O–H groups in total. The van der Waals surface area contributed by atoms with Crippen molar-refractivity contribution in [3.63, 3.8) is 0 Å². The van der Waals surface area contributed by atoms with E-state index >= 15 is 0 Å². The number of piperazine rings is 1. The number of benzene rings is 3. The molecule has 0 bridgehead atoms. The van der Waals surface area contributed by atoms with E-state index in [4.69, 9.17) is 0 Å². The van der Waals surface area contributed by atoms with Crippen LogP contribution < -0.4 is 5.32 Å². The average Bonchev–Trinajstić information content (AvgIpc) is 2.88. The third kappa shape index (κ3) is 5.30. The lowest BCUT2D eigenvalue weighted by atomic mass is 10.1. The van der Waals surface area contributed by atoms with E-state index < -0.39 is 32.0 Å². The maximum atomic E-state index is 13.4. The van der Waals surface area contributed by atoms with Gasteiger partial charge in [-0.25, -0.2) is 16.8 Å². The van der Waals surface area contributed by atoms with Gasteiger partial charge in [-0.1, -0.05) is 60.7 Å². The van der Waals surface area contributed by atoms with E-state index in [1.165, 1.54) is 28.6 Å². The van der Waals surface area contributed by atoms with Gasteiger partial charge in [-0.15, -0.1) is 0 Å². The van der Waals surface area contributed by atoms with Crippen molar-refractivity contribution >= 4 is 26.0 Å². The highest BCUT2D eigenvalue weighted by atomic mass is 32.2. The van der Waals surface area contributed by atoms with Gasteiger partial charge in [0.2, 0.25) is 26.0 Å². The topological polar surface area (TPSA) is 104 Å². The number of hydrogen-bond acceptors (Lipinski definition) is 5. The molecule has 10 heteroatoms. The van der Waals surface area contributed by atoms with Crippen molar-refractivity contribution in [3.05, 3.63) is 96.1 Å². The van der Waals surface area contributed by atoms with Gasteiger partial charge in [0.05, 0.1) is 9.79 Å². The number of carbonyl (C=O) groups is 1. The number of sulfonamides is 2. The number of rotatable bonds is 7. The smallest absolute Gasteiger partial charge is 0.243 e. The molecule has 1 fully saturated rings. The molecule has 1 aliphatic rings. The molecule has 35 heavy (non-hydrogen) atoms. The number of amides is 1. The molecule has 1 atom stereocenters. The zero-order chi connectivity index (χ0) is 25.1. The molecule has 1 amide bonds. The van der Waals surface area contributed by atoms with Crippen molar-refractivity contribution in [2.75, 3.05) is 19.6 Å². The first-order valence-corrected chi connectivity index (χ1v) is 14.0. The van der Waals surface area contributed by atoms with E-state index in [9.17, 15) is 21.6 Å². The summed E-state index contributed by atoms with van der Waals surface area (Å²) in [6.07, 6.45) is 0. The van der Waals surface area contributed by atoms with Gasteiger partial charge in [-0.3, -0.25) is 4.79 Å². The predicted octanol–water partition coefficient (Wildman–Crippen LogP) is 2.38. The molecule has 1 saturated heterocycles. The van der Waals surface area contributed by atoms with Crippen LogP contribution in [0.25, 0.3) is 0 Å². The van der Waals surface area contributed by atoms with Crippen LogP contribution in [0, 0.1) is 6.92 Å². The van der Waals surface area contributed by atoms with Crippen LogP contribution >= 0.6 is 0 Å². The van der Waals surface area contributed by atoms with Gasteiger partial charge >= 0.3 is 0 Å². The van der Waals surface area contributed by atoms with E-state index in [-0.39, 0.29) is 36.0 Å². The fourth-order valence-corrected chi connectivity index (χ4v) is 7.09. The summed E-state index contributed by atoms with van der Waals surface area (Å²) >= 11 is 0. The summed E-state index contributed by atoms with van der Waals surface area (Å²) in [5, 5.41) is 2.81. The minimum absolute atomic E-state index is 0.0519. The lowest BCUT2D eigenvalue weighted by Gasteiger charge is -2.39. The summed E-state index contributed by atoms with van der Waals surface area (Å²) in [5.74, 6) is -0.555. The Balaban J connectivity index is 1.64. The Morgan fingerprint density at radius 2 is 1.34 bits per heavy atom. The molecule has 0 unspecified atom stereocenters. The van der Waals surface area contributed by atoms with Crippen LogP contribution in [0.3, 0.4) is 0 Å². The SMILES string of the molecule is Cc1ccccc1CNC(=O)[C@H]1CN(S(=O)(=O)c2ccccc2)CCN1S(=O)(=O)c1ccccc1. The molecule has 0 saturated carbocycles. The highest BCUT2D eigenvalue weighted by Crippen LogP contribution is 2.25. The third-order valence-corrected chi connectivity index (χ3v) is 9.84. The fraction of sp³-hybridized carbons (Fsp3) is 0.240. The fourth-order valence-electron chi connectivity index (χ4n) is 4.04. The molecule has 0 spiro atoms. The largest absolute Gasteiger partial charge is 0.351 e. The molecule has 184 valence electrons. The Hall–Kier alpha value is -3.05. The van der Waals surface area contributed by atoms with Gasteiger partial charge in [0.15, 0.2) is 0 Å². The van der Waals surface area contributed by atoms with Crippen LogP contribution in [-0.2, 0) is 31.4 Å². The standard InChI is InChI=1S/C25H27N3O5S2/c1-20-10-8-9-11-21(20)18-26-25(29)24-19-27(34(30,31)22-12-4-2-5-13-22)16-17-28(24)35(32,33)23-14-6-3-7-15-23/h2-15,24H,16-19H2,1H3,(H,26,29)/t24-/m1/s1. The van der Waals surface area contributed by atoms with Crippen molar-refractivity contribution in [3.8, 4) is 0 Å². The number of aryl methyl sites for hydroxylation is 1. The van der Waals surface area contributed by atoms with Gasteiger partial charge in [-0.2, -0.15) is 8.61 Å². The van der Waals surface area contributed by atoms with E-state index in [2.05, 4.69) is 5.32 Å². The summed E-state index contributed by atoms with van der Waals surface area (Å²) in [6, 6.07) is 22.1. The first-order valence-electron chi connectivity index (χ1n) is 11.2. The molecule has 0 aromatic heterocycles. The number of nitrogens with one attached hydrogen (secondary N) is 1. The number of carbonyl (C=O) groups excluding carboxylic acids is 1. The second-order valence-corrected chi connectivity index (χ2v) is 12.1. The monoisotopic (exact) mass is 513 g/mol. The van der Waals surface area contributed by atoms with Crippen molar-refractivity contribution in [2.45, 2.75) is 29.3 Å². The van der Waals surface area contributed by atoms with Crippen LogP contribution in [0.4, 0.5) is 0 Å². The molecular weight excluding hydrogens is 486 g/mol. The van der Waals surface area contributed by atoms with Crippen LogP contribution in [0.2, 0.25) is 0 Å². The molecular formula is C25H27N3O5S2. The highest BCUT2D eigenvalue weighted by molar-refractivity contribution is 7.89. The Kier molecular flexibility index (Phi) is 7.36. The van der Waals surface area contributed by atoms with Crippen LogP contribution in [0.15, 0.2) is 94.7 Å². The molecule has 3 aromatic rings.